The second kappa shape index (κ2) is 14.4. The first-order valence-electron chi connectivity index (χ1n) is 10.4. The van der Waals surface area contributed by atoms with Crippen molar-refractivity contribution in [3.63, 3.8) is 0 Å². The molecule has 0 spiro atoms. The normalized spacial score (nSPS) is 22.7. The lowest BCUT2D eigenvalue weighted by Crippen LogP contribution is -2.32. The number of hydrogen-bond acceptors (Lipinski definition) is 9. The van der Waals surface area contributed by atoms with Crippen molar-refractivity contribution >= 4 is 31.4 Å². The van der Waals surface area contributed by atoms with Gasteiger partial charge in [-0.15, -0.1) is 0 Å². The first-order valence-corrected chi connectivity index (χ1v) is 16.4. The van der Waals surface area contributed by atoms with Gasteiger partial charge < -0.3 is 28.3 Å². The Morgan fingerprint density at radius 2 is 1.19 bits per heavy atom. The van der Waals surface area contributed by atoms with Crippen LogP contribution in [-0.4, -0.2) is 51.5 Å². The van der Waals surface area contributed by atoms with E-state index < -0.39 is 48.4 Å². The van der Waals surface area contributed by atoms with Crippen molar-refractivity contribution < 1.29 is 55.5 Å². The van der Waals surface area contributed by atoms with Crippen molar-refractivity contribution in [3.8, 4) is 0 Å². The summed E-state index contributed by atoms with van der Waals surface area (Å²) < 4.78 is 69.3. The predicted molar refractivity (Wildman–Crippen MR) is 121 cm³/mol. The summed E-state index contributed by atoms with van der Waals surface area (Å²) in [4.78, 5) is 30.7. The second-order valence-electron chi connectivity index (χ2n) is 6.68. The molecule has 0 aliphatic heterocycles. The maximum Gasteiger partial charge on any atom is 0.360 e. The van der Waals surface area contributed by atoms with Gasteiger partial charge in [0, 0.05) is 0 Å². The molecule has 0 saturated heterocycles. The Morgan fingerprint density at radius 3 is 1.50 bits per heavy atom. The minimum absolute atomic E-state index is 0.00737. The minimum atomic E-state index is -4.39. The van der Waals surface area contributed by atoms with E-state index in [1.807, 2.05) is 0 Å². The summed E-state index contributed by atoms with van der Waals surface area (Å²) in [7, 11) is -15.6. The molecule has 3 N–H and O–H groups in total. The highest BCUT2D eigenvalue weighted by Gasteiger charge is 2.52. The van der Waals surface area contributed by atoms with Gasteiger partial charge in [0.1, 0.15) is 0 Å². The van der Waals surface area contributed by atoms with Crippen LogP contribution >= 0.6 is 31.4 Å². The lowest BCUT2D eigenvalue weighted by atomic mass is 10.1. The van der Waals surface area contributed by atoms with Gasteiger partial charge in [0.25, 0.3) is 0 Å². The van der Waals surface area contributed by atoms with Gasteiger partial charge in [-0.05, 0) is 47.5 Å². The largest absolute Gasteiger partial charge is 0.360 e. The van der Waals surface area contributed by atoms with Gasteiger partial charge in [-0.2, -0.15) is 0 Å². The topological polar surface area (TPSA) is 167 Å². The van der Waals surface area contributed by atoms with Crippen LogP contribution in [0.4, 0.5) is 0 Å². The molecule has 0 aromatic rings. The number of hydrogen-bond donors (Lipinski definition) is 3. The Morgan fingerprint density at radius 1 is 0.781 bits per heavy atom. The molecule has 0 fully saturated rings. The van der Waals surface area contributed by atoms with Crippen LogP contribution in [0.3, 0.4) is 0 Å². The van der Waals surface area contributed by atoms with E-state index >= 15 is 0 Å². The van der Waals surface area contributed by atoms with Gasteiger partial charge in [0.2, 0.25) is 0 Å². The summed E-state index contributed by atoms with van der Waals surface area (Å²) >= 11 is 0. The minimum Gasteiger partial charge on any atom is -0.322 e. The summed E-state index contributed by atoms with van der Waals surface area (Å²) in [6.07, 6.45) is 0.498. The highest BCUT2D eigenvalue weighted by Crippen LogP contribution is 2.67. The van der Waals surface area contributed by atoms with Crippen molar-refractivity contribution in [1.29, 1.82) is 0 Å². The third-order valence-electron chi connectivity index (χ3n) is 4.28. The summed E-state index contributed by atoms with van der Waals surface area (Å²) in [5, 5.41) is -1.78. The molecule has 6 atom stereocenters. The third-order valence-corrected chi connectivity index (χ3v) is 11.8. The summed E-state index contributed by atoms with van der Waals surface area (Å²) in [5.41, 5.74) is 0. The molecule has 6 unspecified atom stereocenters. The van der Waals surface area contributed by atoms with Crippen LogP contribution in [0.5, 0.6) is 0 Å². The van der Waals surface area contributed by atoms with Crippen LogP contribution in [0.15, 0.2) is 0 Å². The van der Waals surface area contributed by atoms with Crippen LogP contribution < -0.4 is 0 Å². The second-order valence-corrected chi connectivity index (χ2v) is 14.1. The first-order chi connectivity index (χ1) is 14.7. The highest BCUT2D eigenvalue weighted by molar-refractivity contribution is 7.56. The van der Waals surface area contributed by atoms with E-state index in [-0.39, 0.29) is 32.7 Å². The van der Waals surface area contributed by atoms with Crippen LogP contribution in [-0.2, 0) is 40.8 Å². The van der Waals surface area contributed by atoms with E-state index in [9.17, 15) is 28.4 Å². The zero-order valence-corrected chi connectivity index (χ0v) is 23.3. The Bertz CT molecular complexity index is 658. The molecule has 0 heterocycles. The predicted octanol–water partition coefficient (Wildman–Crippen LogP) is 5.53. The standard InChI is InChI=1S/C16H38O12P4/c1-8-13-16(9-2,32(21,22)25-12-5)28-29(26-14(6)30(17,18)23-10-3)27-15(7)31(19,20)24-11-4/h14-15H,8-13H2,1-7H3,(H,17,18)(H,19,20)(H,21,22). The maximum absolute atomic E-state index is 13.0. The average Bonchev–Trinajstić information content (AvgIpc) is 2.66. The molecular formula is C16H38O12P4. The smallest absolute Gasteiger partial charge is 0.322 e. The average molecular weight is 546 g/mol. The lowest BCUT2D eigenvalue weighted by molar-refractivity contribution is 0.0430. The molecule has 0 amide bonds. The van der Waals surface area contributed by atoms with E-state index in [4.69, 9.17) is 27.1 Å². The molecular weight excluding hydrogens is 508 g/mol. The molecule has 0 radical (unpaired) electrons. The summed E-state index contributed by atoms with van der Waals surface area (Å²) in [6.45, 7) is 10.2. The highest BCUT2D eigenvalue weighted by atomic mass is 31.2. The zero-order valence-electron chi connectivity index (χ0n) is 19.7. The van der Waals surface area contributed by atoms with Crippen LogP contribution in [0.2, 0.25) is 0 Å². The monoisotopic (exact) mass is 546 g/mol. The Hall–Kier alpha value is 0.760. The van der Waals surface area contributed by atoms with Crippen molar-refractivity contribution in [2.75, 3.05) is 19.8 Å². The fraction of sp³-hybridized carbons (Fsp3) is 1.00. The van der Waals surface area contributed by atoms with Gasteiger partial charge in [0.15, 0.2) is 17.0 Å². The Labute approximate surface area is 191 Å². The van der Waals surface area contributed by atoms with Gasteiger partial charge in [-0.25, -0.2) is 0 Å². The molecule has 0 aromatic heterocycles. The molecule has 194 valence electrons. The Balaban J connectivity index is 6.13. The summed E-state index contributed by atoms with van der Waals surface area (Å²) in [5.74, 6) is -2.93. The molecule has 0 aliphatic carbocycles. The van der Waals surface area contributed by atoms with E-state index in [2.05, 4.69) is 0 Å². The van der Waals surface area contributed by atoms with E-state index in [1.54, 1.807) is 20.8 Å². The maximum atomic E-state index is 13.0. The van der Waals surface area contributed by atoms with Crippen LogP contribution in [0.25, 0.3) is 0 Å². The van der Waals surface area contributed by atoms with Gasteiger partial charge in [-0.1, -0.05) is 20.3 Å². The first kappa shape index (κ1) is 32.8. The van der Waals surface area contributed by atoms with E-state index in [0.29, 0.717) is 6.42 Å². The van der Waals surface area contributed by atoms with Gasteiger partial charge in [-0.3, -0.25) is 27.3 Å². The van der Waals surface area contributed by atoms with Crippen LogP contribution in [0, 0.1) is 0 Å². The van der Waals surface area contributed by atoms with E-state index in [1.165, 1.54) is 27.7 Å². The molecule has 0 rings (SSSR count). The van der Waals surface area contributed by atoms with Crippen molar-refractivity contribution in [1.82, 2.24) is 0 Å². The van der Waals surface area contributed by atoms with Crippen molar-refractivity contribution in [2.24, 2.45) is 0 Å². The molecule has 0 aliphatic rings. The quantitative estimate of drug-likeness (QED) is 0.184. The fourth-order valence-corrected chi connectivity index (χ4v) is 8.33. The SMILES string of the molecule is CCCC(CC)(OP(OC(C)P(=O)(O)OCC)OC(C)P(=O)(O)OCC)P(=O)(O)OCC. The zero-order chi connectivity index (χ0) is 25.2. The van der Waals surface area contributed by atoms with E-state index in [0.717, 1.165) is 0 Å². The van der Waals surface area contributed by atoms with Gasteiger partial charge in [0.05, 0.1) is 19.8 Å². The number of rotatable bonds is 18. The van der Waals surface area contributed by atoms with Gasteiger partial charge >= 0.3 is 31.4 Å². The summed E-state index contributed by atoms with van der Waals surface area (Å²) in [6, 6.07) is 0. The molecule has 32 heavy (non-hydrogen) atoms. The molecule has 0 saturated carbocycles. The van der Waals surface area contributed by atoms with Crippen molar-refractivity contribution in [3.05, 3.63) is 0 Å². The molecule has 16 heteroatoms. The van der Waals surface area contributed by atoms with Crippen molar-refractivity contribution in [2.45, 2.75) is 84.8 Å². The lowest BCUT2D eigenvalue weighted by Gasteiger charge is -2.38. The fourth-order valence-electron chi connectivity index (χ4n) is 2.52. The molecule has 0 bridgehead atoms. The molecule has 12 nitrogen and oxygen atoms in total. The third kappa shape index (κ3) is 9.43. The Kier molecular flexibility index (Phi) is 14.7. The van der Waals surface area contributed by atoms with Crippen LogP contribution in [0.1, 0.15) is 67.7 Å². The molecule has 0 aromatic carbocycles.